The van der Waals surface area contributed by atoms with Crippen LogP contribution in [0.1, 0.15) is 24.2 Å². The summed E-state index contributed by atoms with van der Waals surface area (Å²) < 4.78 is 0. The van der Waals surface area contributed by atoms with Gasteiger partial charge in [-0.25, -0.2) is 0 Å². The number of amides is 1. The lowest BCUT2D eigenvalue weighted by Gasteiger charge is -2.26. The highest BCUT2D eigenvalue weighted by Gasteiger charge is 2.20. The molecule has 0 aliphatic carbocycles. The maximum absolute atomic E-state index is 12.2. The number of hydrogen-bond donors (Lipinski definition) is 0. The van der Waals surface area contributed by atoms with Gasteiger partial charge in [0.15, 0.2) is 0 Å². The van der Waals surface area contributed by atoms with Gasteiger partial charge in [-0.3, -0.25) is 4.79 Å². The van der Waals surface area contributed by atoms with Crippen LogP contribution in [0.5, 0.6) is 0 Å². The van der Waals surface area contributed by atoms with E-state index in [0.717, 1.165) is 0 Å². The Morgan fingerprint density at radius 3 is 2.47 bits per heavy atom. The van der Waals surface area contributed by atoms with E-state index in [1.54, 1.807) is 23.1 Å². The third-order valence-corrected chi connectivity index (χ3v) is 3.09. The van der Waals surface area contributed by atoms with Crippen LogP contribution in [0.3, 0.4) is 0 Å². The van der Waals surface area contributed by atoms with Gasteiger partial charge in [0, 0.05) is 23.5 Å². The predicted octanol–water partition coefficient (Wildman–Crippen LogP) is 4.08. The lowest BCUT2D eigenvalue weighted by Crippen LogP contribution is -2.38. The molecule has 0 saturated carbocycles. The van der Waals surface area contributed by atoms with Crippen LogP contribution in [0.15, 0.2) is 18.2 Å². The molecular weight excluding hydrogens is 280 g/mol. The summed E-state index contributed by atoms with van der Waals surface area (Å²) in [6.07, 6.45) is 0. The molecule has 0 unspecified atom stereocenters. The molecule has 0 fully saturated rings. The van der Waals surface area contributed by atoms with Crippen LogP contribution in [0.2, 0.25) is 10.0 Å². The Kier molecular flexibility index (Phi) is 5.57. The molecule has 2 nitrogen and oxygen atoms in total. The highest BCUT2D eigenvalue weighted by atomic mass is 35.5. The zero-order chi connectivity index (χ0) is 13.0. The first-order valence-electron chi connectivity index (χ1n) is 5.29. The monoisotopic (exact) mass is 293 g/mol. The molecule has 5 heteroatoms. The van der Waals surface area contributed by atoms with Crippen molar-refractivity contribution in [2.75, 3.05) is 12.4 Å². The third kappa shape index (κ3) is 3.77. The maximum atomic E-state index is 12.2. The molecule has 0 radical (unpaired) electrons. The second kappa shape index (κ2) is 6.48. The van der Waals surface area contributed by atoms with Crippen molar-refractivity contribution in [3.05, 3.63) is 33.8 Å². The molecule has 0 heterocycles. The van der Waals surface area contributed by atoms with Gasteiger partial charge in [0.25, 0.3) is 5.91 Å². The minimum absolute atomic E-state index is 0.0768. The number of halogens is 3. The minimum atomic E-state index is -0.123. The van der Waals surface area contributed by atoms with E-state index in [0.29, 0.717) is 28.0 Å². The number of nitrogens with zero attached hydrogens (tertiary/aromatic N) is 1. The van der Waals surface area contributed by atoms with E-state index >= 15 is 0 Å². The van der Waals surface area contributed by atoms with E-state index in [1.165, 1.54) is 0 Å². The Hall–Kier alpha value is -0.440. The first-order chi connectivity index (χ1) is 7.97. The average molecular weight is 295 g/mol. The standard InChI is InChI=1S/C12H14Cl3NO/c1-8(2)16(6-5-13)12(17)10-4-3-9(14)7-11(10)15/h3-4,7-8H,5-6H2,1-2H3. The smallest absolute Gasteiger partial charge is 0.255 e. The van der Waals surface area contributed by atoms with Crippen molar-refractivity contribution in [3.8, 4) is 0 Å². The molecule has 0 aliphatic rings. The van der Waals surface area contributed by atoms with Crippen molar-refractivity contribution < 1.29 is 4.79 Å². The van der Waals surface area contributed by atoms with Gasteiger partial charge in [-0.2, -0.15) is 0 Å². The van der Waals surface area contributed by atoms with Gasteiger partial charge in [-0.15, -0.1) is 11.6 Å². The molecule has 1 amide bonds. The SMILES string of the molecule is CC(C)N(CCCl)C(=O)c1ccc(Cl)cc1Cl. The van der Waals surface area contributed by atoms with E-state index in [-0.39, 0.29) is 11.9 Å². The zero-order valence-corrected chi connectivity index (χ0v) is 12.0. The first kappa shape index (κ1) is 14.6. The van der Waals surface area contributed by atoms with E-state index < -0.39 is 0 Å². The van der Waals surface area contributed by atoms with Crippen LogP contribution in [0.4, 0.5) is 0 Å². The van der Waals surface area contributed by atoms with Gasteiger partial charge in [0.05, 0.1) is 10.6 Å². The number of alkyl halides is 1. The van der Waals surface area contributed by atoms with Crippen molar-refractivity contribution in [3.63, 3.8) is 0 Å². The summed E-state index contributed by atoms with van der Waals surface area (Å²) in [5, 5.41) is 0.878. The van der Waals surface area contributed by atoms with Crippen molar-refractivity contribution in [1.82, 2.24) is 4.90 Å². The second-order valence-electron chi connectivity index (χ2n) is 3.91. The van der Waals surface area contributed by atoms with Gasteiger partial charge >= 0.3 is 0 Å². The number of rotatable bonds is 4. The lowest BCUT2D eigenvalue weighted by atomic mass is 10.1. The summed E-state index contributed by atoms with van der Waals surface area (Å²) >= 11 is 17.5. The first-order valence-corrected chi connectivity index (χ1v) is 6.58. The van der Waals surface area contributed by atoms with Gasteiger partial charge in [-0.1, -0.05) is 23.2 Å². The van der Waals surface area contributed by atoms with E-state index in [4.69, 9.17) is 34.8 Å². The van der Waals surface area contributed by atoms with Crippen LogP contribution in [0.25, 0.3) is 0 Å². The molecule has 1 aromatic rings. The Morgan fingerprint density at radius 1 is 1.35 bits per heavy atom. The molecule has 0 saturated heterocycles. The molecular formula is C12H14Cl3NO. The summed E-state index contributed by atoms with van der Waals surface area (Å²) in [4.78, 5) is 13.9. The number of carbonyl (C=O) groups is 1. The molecule has 0 bridgehead atoms. The second-order valence-corrected chi connectivity index (χ2v) is 5.13. The van der Waals surface area contributed by atoms with Gasteiger partial charge in [0.2, 0.25) is 0 Å². The van der Waals surface area contributed by atoms with Crippen LogP contribution in [-0.2, 0) is 0 Å². The molecule has 1 rings (SSSR count). The van der Waals surface area contributed by atoms with Crippen LogP contribution in [0, 0.1) is 0 Å². The highest BCUT2D eigenvalue weighted by molar-refractivity contribution is 6.36. The van der Waals surface area contributed by atoms with Crippen LogP contribution in [-0.4, -0.2) is 29.3 Å². The van der Waals surface area contributed by atoms with Gasteiger partial charge in [0.1, 0.15) is 0 Å². The Morgan fingerprint density at radius 2 is 2.00 bits per heavy atom. The average Bonchev–Trinajstić information content (AvgIpc) is 2.24. The summed E-state index contributed by atoms with van der Waals surface area (Å²) in [6.45, 7) is 4.37. The molecule has 0 atom stereocenters. The van der Waals surface area contributed by atoms with E-state index in [9.17, 15) is 4.79 Å². The van der Waals surface area contributed by atoms with Crippen molar-refractivity contribution in [2.24, 2.45) is 0 Å². The van der Waals surface area contributed by atoms with E-state index in [1.807, 2.05) is 13.8 Å². The third-order valence-electron chi connectivity index (χ3n) is 2.37. The van der Waals surface area contributed by atoms with Crippen molar-refractivity contribution in [1.29, 1.82) is 0 Å². The Balaban J connectivity index is 3.01. The molecule has 94 valence electrons. The molecule has 17 heavy (non-hydrogen) atoms. The number of carbonyl (C=O) groups excluding carboxylic acids is 1. The fourth-order valence-corrected chi connectivity index (χ4v) is 2.17. The predicted molar refractivity (Wildman–Crippen MR) is 73.4 cm³/mol. The van der Waals surface area contributed by atoms with Crippen molar-refractivity contribution in [2.45, 2.75) is 19.9 Å². The number of benzene rings is 1. The quantitative estimate of drug-likeness (QED) is 0.766. The molecule has 0 N–H and O–H groups in total. The highest BCUT2D eigenvalue weighted by Crippen LogP contribution is 2.23. The lowest BCUT2D eigenvalue weighted by molar-refractivity contribution is 0.0718. The Bertz CT molecular complexity index is 407. The minimum Gasteiger partial charge on any atom is -0.335 e. The fourth-order valence-electron chi connectivity index (χ4n) is 1.50. The summed E-state index contributed by atoms with van der Waals surface area (Å²) in [6, 6.07) is 4.93. The summed E-state index contributed by atoms with van der Waals surface area (Å²) in [5.74, 6) is 0.275. The van der Waals surface area contributed by atoms with Gasteiger partial charge < -0.3 is 4.90 Å². The fraction of sp³-hybridized carbons (Fsp3) is 0.417. The topological polar surface area (TPSA) is 20.3 Å². The molecule has 0 aliphatic heterocycles. The van der Waals surface area contributed by atoms with Crippen LogP contribution >= 0.6 is 34.8 Å². The van der Waals surface area contributed by atoms with E-state index in [2.05, 4.69) is 0 Å². The maximum Gasteiger partial charge on any atom is 0.255 e. The van der Waals surface area contributed by atoms with Crippen LogP contribution < -0.4 is 0 Å². The molecule has 0 spiro atoms. The summed E-state index contributed by atoms with van der Waals surface area (Å²) in [7, 11) is 0. The number of hydrogen-bond acceptors (Lipinski definition) is 1. The zero-order valence-electron chi connectivity index (χ0n) is 9.71. The van der Waals surface area contributed by atoms with Gasteiger partial charge in [-0.05, 0) is 32.0 Å². The molecule has 0 aromatic heterocycles. The Labute approximate surface area is 116 Å². The largest absolute Gasteiger partial charge is 0.335 e. The summed E-state index contributed by atoms with van der Waals surface area (Å²) in [5.41, 5.74) is 0.454. The normalized spacial score (nSPS) is 10.7. The van der Waals surface area contributed by atoms with Crippen molar-refractivity contribution >= 4 is 40.7 Å². The molecule has 1 aromatic carbocycles.